The van der Waals surface area contributed by atoms with E-state index in [1.165, 1.54) is 24.3 Å². The average molecular weight is 356 g/mol. The standard InChI is InChI=1S/C15H16O6S2/c16-22(17,18)14(12-7-3-1-4-8-12)11-15(23(19,20)21)13-9-5-2-6-10-13/h1-10,14-15H,11H2,(H,16,17,18)(H,19,20,21). The number of hydrogen-bond acceptors (Lipinski definition) is 4. The van der Waals surface area contributed by atoms with Crippen LogP contribution in [0.2, 0.25) is 0 Å². The third-order valence-electron chi connectivity index (χ3n) is 3.49. The van der Waals surface area contributed by atoms with Crippen molar-refractivity contribution >= 4 is 20.2 Å². The lowest BCUT2D eigenvalue weighted by Crippen LogP contribution is -2.20. The summed E-state index contributed by atoms with van der Waals surface area (Å²) in [6, 6.07) is 15.6. The van der Waals surface area contributed by atoms with Crippen LogP contribution in [-0.2, 0) is 20.2 Å². The second-order valence-electron chi connectivity index (χ2n) is 5.06. The van der Waals surface area contributed by atoms with Crippen LogP contribution in [0.5, 0.6) is 0 Å². The first-order valence-electron chi connectivity index (χ1n) is 6.72. The van der Waals surface area contributed by atoms with E-state index >= 15 is 0 Å². The maximum Gasteiger partial charge on any atom is 0.272 e. The summed E-state index contributed by atoms with van der Waals surface area (Å²) in [5.74, 6) is 0. The molecule has 8 heteroatoms. The molecule has 0 aromatic heterocycles. The van der Waals surface area contributed by atoms with Crippen LogP contribution >= 0.6 is 0 Å². The van der Waals surface area contributed by atoms with Gasteiger partial charge >= 0.3 is 0 Å². The van der Waals surface area contributed by atoms with Crippen LogP contribution in [0, 0.1) is 0 Å². The van der Waals surface area contributed by atoms with E-state index in [2.05, 4.69) is 0 Å². The first kappa shape index (κ1) is 17.6. The molecule has 124 valence electrons. The highest BCUT2D eigenvalue weighted by Crippen LogP contribution is 2.36. The topological polar surface area (TPSA) is 109 Å². The maximum atomic E-state index is 11.7. The van der Waals surface area contributed by atoms with Crippen molar-refractivity contribution in [2.24, 2.45) is 0 Å². The highest BCUT2D eigenvalue weighted by atomic mass is 32.2. The van der Waals surface area contributed by atoms with E-state index in [9.17, 15) is 25.9 Å². The molecule has 23 heavy (non-hydrogen) atoms. The molecule has 6 nitrogen and oxygen atoms in total. The molecule has 0 aliphatic rings. The highest BCUT2D eigenvalue weighted by Gasteiger charge is 2.34. The van der Waals surface area contributed by atoms with E-state index in [1.54, 1.807) is 36.4 Å². The van der Waals surface area contributed by atoms with Crippen LogP contribution in [0.3, 0.4) is 0 Å². The van der Waals surface area contributed by atoms with E-state index in [0.29, 0.717) is 0 Å². The van der Waals surface area contributed by atoms with Gasteiger partial charge in [-0.15, -0.1) is 0 Å². The minimum Gasteiger partial charge on any atom is -0.285 e. The highest BCUT2D eigenvalue weighted by molar-refractivity contribution is 7.87. The molecule has 0 saturated carbocycles. The predicted molar refractivity (Wildman–Crippen MR) is 86.1 cm³/mol. The SMILES string of the molecule is O=S(=O)(O)C(CC(c1ccccc1)S(=O)(=O)O)c1ccccc1. The molecule has 2 aromatic carbocycles. The van der Waals surface area contributed by atoms with Crippen LogP contribution < -0.4 is 0 Å². The Morgan fingerprint density at radius 2 is 0.957 bits per heavy atom. The van der Waals surface area contributed by atoms with Crippen LogP contribution in [-0.4, -0.2) is 25.9 Å². The fourth-order valence-electron chi connectivity index (χ4n) is 2.39. The van der Waals surface area contributed by atoms with Crippen molar-refractivity contribution in [1.29, 1.82) is 0 Å². The average Bonchev–Trinajstić information content (AvgIpc) is 2.47. The van der Waals surface area contributed by atoms with Gasteiger partial charge in [-0.2, -0.15) is 16.8 Å². The van der Waals surface area contributed by atoms with Gasteiger partial charge in [-0.05, 0) is 17.5 Å². The van der Waals surface area contributed by atoms with Crippen molar-refractivity contribution in [2.45, 2.75) is 16.9 Å². The molecule has 2 rings (SSSR count). The lowest BCUT2D eigenvalue weighted by molar-refractivity contribution is 0.448. The molecule has 0 saturated heterocycles. The van der Waals surface area contributed by atoms with Gasteiger partial charge < -0.3 is 0 Å². The van der Waals surface area contributed by atoms with Crippen molar-refractivity contribution in [3.63, 3.8) is 0 Å². The summed E-state index contributed by atoms with van der Waals surface area (Å²) in [5, 5.41) is -2.92. The minimum atomic E-state index is -4.56. The Balaban J connectivity index is 2.48. The summed E-state index contributed by atoms with van der Waals surface area (Å²) in [7, 11) is -9.11. The number of hydrogen-bond donors (Lipinski definition) is 2. The maximum absolute atomic E-state index is 11.7. The third-order valence-corrected chi connectivity index (χ3v) is 5.86. The zero-order valence-corrected chi connectivity index (χ0v) is 13.6. The fraction of sp³-hybridized carbons (Fsp3) is 0.200. The Morgan fingerprint density at radius 1 is 0.652 bits per heavy atom. The van der Waals surface area contributed by atoms with Crippen LogP contribution in [0.1, 0.15) is 28.0 Å². The van der Waals surface area contributed by atoms with Crippen molar-refractivity contribution in [2.75, 3.05) is 0 Å². The molecule has 0 spiro atoms. The first-order valence-corrected chi connectivity index (χ1v) is 9.72. The van der Waals surface area contributed by atoms with E-state index < -0.39 is 37.2 Å². The second-order valence-corrected chi connectivity index (χ2v) is 8.26. The Kier molecular flexibility index (Phi) is 5.20. The van der Waals surface area contributed by atoms with Crippen LogP contribution in [0.4, 0.5) is 0 Å². The Bertz CT molecular complexity index is 772. The Labute approximate surface area is 135 Å². The minimum absolute atomic E-state index is 0.250. The molecule has 0 aliphatic carbocycles. The van der Waals surface area contributed by atoms with Gasteiger partial charge in [0.05, 0.1) is 0 Å². The molecule has 0 aliphatic heterocycles. The van der Waals surface area contributed by atoms with Crippen molar-refractivity contribution in [3.8, 4) is 0 Å². The molecule has 2 N–H and O–H groups in total. The normalized spacial score (nSPS) is 15.0. The monoisotopic (exact) mass is 356 g/mol. The summed E-state index contributed by atoms with van der Waals surface area (Å²) >= 11 is 0. The van der Waals surface area contributed by atoms with Gasteiger partial charge in [0, 0.05) is 0 Å². The summed E-state index contributed by atoms with van der Waals surface area (Å²) in [6.07, 6.45) is -0.494. The van der Waals surface area contributed by atoms with Gasteiger partial charge in [-0.25, -0.2) is 0 Å². The molecule has 0 bridgehead atoms. The first-order chi connectivity index (χ1) is 10.7. The summed E-state index contributed by atoms with van der Waals surface area (Å²) in [5.41, 5.74) is 0.499. The van der Waals surface area contributed by atoms with Crippen LogP contribution in [0.15, 0.2) is 60.7 Å². The Morgan fingerprint density at radius 3 is 1.22 bits per heavy atom. The van der Waals surface area contributed by atoms with Gasteiger partial charge in [0.25, 0.3) is 20.2 Å². The van der Waals surface area contributed by atoms with Gasteiger partial charge in [-0.1, -0.05) is 60.7 Å². The largest absolute Gasteiger partial charge is 0.285 e. The van der Waals surface area contributed by atoms with Gasteiger partial charge in [0.2, 0.25) is 0 Å². The quantitative estimate of drug-likeness (QED) is 0.770. The molecular formula is C15H16O6S2. The zero-order valence-electron chi connectivity index (χ0n) is 12.0. The molecule has 0 amide bonds. The molecule has 0 fully saturated rings. The fourth-order valence-corrected chi connectivity index (χ4v) is 4.38. The second kappa shape index (κ2) is 6.79. The van der Waals surface area contributed by atoms with Crippen LogP contribution in [0.25, 0.3) is 0 Å². The number of benzene rings is 2. The molecule has 2 atom stereocenters. The lowest BCUT2D eigenvalue weighted by Gasteiger charge is -2.20. The molecule has 2 aromatic rings. The summed E-state index contributed by atoms with van der Waals surface area (Å²) in [4.78, 5) is 0. The molecule has 0 heterocycles. The van der Waals surface area contributed by atoms with Gasteiger partial charge in [0.1, 0.15) is 10.5 Å². The Hall–Kier alpha value is -1.74. The molecule has 2 unspecified atom stereocenters. The number of rotatable bonds is 6. The van der Waals surface area contributed by atoms with E-state index in [1.807, 2.05) is 0 Å². The van der Waals surface area contributed by atoms with E-state index in [4.69, 9.17) is 0 Å². The van der Waals surface area contributed by atoms with Crippen molar-refractivity contribution < 1.29 is 25.9 Å². The third kappa shape index (κ3) is 4.61. The van der Waals surface area contributed by atoms with E-state index in [-0.39, 0.29) is 11.1 Å². The van der Waals surface area contributed by atoms with Crippen molar-refractivity contribution in [3.05, 3.63) is 71.8 Å². The molecular weight excluding hydrogens is 340 g/mol. The smallest absolute Gasteiger partial charge is 0.272 e. The van der Waals surface area contributed by atoms with Gasteiger partial charge in [-0.3, -0.25) is 9.11 Å². The van der Waals surface area contributed by atoms with E-state index in [0.717, 1.165) is 0 Å². The zero-order chi connectivity index (χ0) is 17.1. The van der Waals surface area contributed by atoms with Gasteiger partial charge in [0.15, 0.2) is 0 Å². The summed E-state index contributed by atoms with van der Waals surface area (Å²) < 4.78 is 65.8. The lowest BCUT2D eigenvalue weighted by atomic mass is 10.0. The van der Waals surface area contributed by atoms with Crippen molar-refractivity contribution in [1.82, 2.24) is 0 Å². The summed E-state index contributed by atoms with van der Waals surface area (Å²) in [6.45, 7) is 0. The molecule has 0 radical (unpaired) electrons. The predicted octanol–water partition coefficient (Wildman–Crippen LogP) is 2.63.